The number of hydrogen-bond acceptors (Lipinski definition) is 0. The van der Waals surface area contributed by atoms with Crippen molar-refractivity contribution < 1.29 is 0 Å². The van der Waals surface area contributed by atoms with Crippen LogP contribution in [-0.4, -0.2) is 5.88 Å². The summed E-state index contributed by atoms with van der Waals surface area (Å²) >= 11 is 9.09. The summed E-state index contributed by atoms with van der Waals surface area (Å²) in [7, 11) is 0. The van der Waals surface area contributed by atoms with Crippen LogP contribution in [0.3, 0.4) is 0 Å². The smallest absolute Gasteiger partial charge is 0.0474 e. The molecule has 0 spiro atoms. The Labute approximate surface area is 86.4 Å². The Kier molecular flexibility index (Phi) is 3.36. The third-order valence-electron chi connectivity index (χ3n) is 1.73. The van der Waals surface area contributed by atoms with Crippen molar-refractivity contribution in [2.24, 2.45) is 0 Å². The summed E-state index contributed by atoms with van der Waals surface area (Å²) in [5, 5.41) is 0. The minimum atomic E-state index is 0.489. The standard InChI is InChI=1S/C10H10BrCl/c1-7-5-9(11)3-4-10(7)8(2)6-12/h3-5H,2,6H2,1H3. The van der Waals surface area contributed by atoms with Gasteiger partial charge in [-0.15, -0.1) is 11.6 Å². The highest BCUT2D eigenvalue weighted by molar-refractivity contribution is 9.10. The lowest BCUT2D eigenvalue weighted by molar-refractivity contribution is 1.40. The molecule has 0 amide bonds. The van der Waals surface area contributed by atoms with Crippen molar-refractivity contribution in [1.29, 1.82) is 0 Å². The lowest BCUT2D eigenvalue weighted by Gasteiger charge is -2.06. The molecule has 0 fully saturated rings. The fourth-order valence-electron chi connectivity index (χ4n) is 1.10. The monoisotopic (exact) mass is 244 g/mol. The zero-order chi connectivity index (χ0) is 9.14. The maximum Gasteiger partial charge on any atom is 0.0474 e. The lowest BCUT2D eigenvalue weighted by Crippen LogP contribution is -1.88. The Morgan fingerprint density at radius 1 is 1.58 bits per heavy atom. The summed E-state index contributed by atoms with van der Waals surface area (Å²) in [4.78, 5) is 0. The lowest BCUT2D eigenvalue weighted by atomic mass is 10.0. The highest BCUT2D eigenvalue weighted by Gasteiger charge is 2.01. The van der Waals surface area contributed by atoms with Crippen molar-refractivity contribution in [3.63, 3.8) is 0 Å². The second kappa shape index (κ2) is 4.11. The first-order valence-corrected chi connectivity index (χ1v) is 4.98. The highest BCUT2D eigenvalue weighted by atomic mass is 79.9. The van der Waals surface area contributed by atoms with Crippen LogP contribution in [0, 0.1) is 6.92 Å². The van der Waals surface area contributed by atoms with Gasteiger partial charge < -0.3 is 0 Å². The largest absolute Gasteiger partial charge is 0.122 e. The number of aryl methyl sites for hydroxylation is 1. The molecule has 0 N–H and O–H groups in total. The van der Waals surface area contributed by atoms with E-state index < -0.39 is 0 Å². The second-order valence-electron chi connectivity index (χ2n) is 2.70. The Morgan fingerprint density at radius 2 is 2.25 bits per heavy atom. The quantitative estimate of drug-likeness (QED) is 0.691. The van der Waals surface area contributed by atoms with Crippen molar-refractivity contribution in [3.8, 4) is 0 Å². The summed E-state index contributed by atoms with van der Waals surface area (Å²) < 4.78 is 1.09. The van der Waals surface area contributed by atoms with Gasteiger partial charge in [0.15, 0.2) is 0 Å². The summed E-state index contributed by atoms with van der Waals surface area (Å²) in [6, 6.07) is 6.09. The maximum atomic E-state index is 5.69. The molecule has 0 aliphatic carbocycles. The Hall–Kier alpha value is -0.270. The van der Waals surface area contributed by atoms with E-state index >= 15 is 0 Å². The molecule has 0 aliphatic heterocycles. The molecule has 0 saturated heterocycles. The average molecular weight is 246 g/mol. The Balaban J connectivity index is 3.09. The predicted octanol–water partition coefficient (Wildman–Crippen LogP) is 4.01. The van der Waals surface area contributed by atoms with E-state index in [0.29, 0.717) is 5.88 Å². The van der Waals surface area contributed by atoms with E-state index in [0.717, 1.165) is 15.6 Å². The van der Waals surface area contributed by atoms with Crippen LogP contribution in [0.25, 0.3) is 5.57 Å². The minimum Gasteiger partial charge on any atom is -0.122 e. The molecule has 0 radical (unpaired) electrons. The number of hydrogen-bond donors (Lipinski definition) is 0. The number of allylic oxidation sites excluding steroid dienone is 1. The predicted molar refractivity (Wildman–Crippen MR) is 58.6 cm³/mol. The van der Waals surface area contributed by atoms with Gasteiger partial charge >= 0.3 is 0 Å². The zero-order valence-electron chi connectivity index (χ0n) is 6.90. The van der Waals surface area contributed by atoms with Crippen molar-refractivity contribution in [2.75, 3.05) is 5.88 Å². The molecule has 1 aromatic carbocycles. The van der Waals surface area contributed by atoms with E-state index in [-0.39, 0.29) is 0 Å². The normalized spacial score (nSPS) is 9.92. The van der Waals surface area contributed by atoms with Crippen LogP contribution in [-0.2, 0) is 0 Å². The van der Waals surface area contributed by atoms with Gasteiger partial charge in [0.05, 0.1) is 0 Å². The molecule has 0 nitrogen and oxygen atoms in total. The van der Waals surface area contributed by atoms with Crippen LogP contribution < -0.4 is 0 Å². The molecule has 1 aromatic rings. The summed E-state index contributed by atoms with van der Waals surface area (Å²) in [5.41, 5.74) is 3.32. The summed E-state index contributed by atoms with van der Waals surface area (Å²) in [5.74, 6) is 0.489. The fraction of sp³-hybridized carbons (Fsp3) is 0.200. The molecule has 0 aromatic heterocycles. The molecule has 12 heavy (non-hydrogen) atoms. The summed E-state index contributed by atoms with van der Waals surface area (Å²) in [6.45, 7) is 5.94. The van der Waals surface area contributed by atoms with Gasteiger partial charge in [-0.1, -0.05) is 28.6 Å². The number of rotatable bonds is 2. The molecule has 0 heterocycles. The molecule has 1 rings (SSSR count). The number of halogens is 2. The average Bonchev–Trinajstić information content (AvgIpc) is 2.03. The van der Waals surface area contributed by atoms with E-state index in [4.69, 9.17) is 11.6 Å². The van der Waals surface area contributed by atoms with Gasteiger partial charge in [-0.2, -0.15) is 0 Å². The third-order valence-corrected chi connectivity index (χ3v) is 2.55. The first-order chi connectivity index (χ1) is 5.65. The van der Waals surface area contributed by atoms with Crippen molar-refractivity contribution in [1.82, 2.24) is 0 Å². The molecule has 0 aliphatic rings. The van der Waals surface area contributed by atoms with Crippen LogP contribution in [0.15, 0.2) is 29.3 Å². The Bertz CT molecular complexity index is 305. The molecular formula is C10H10BrCl. The van der Waals surface area contributed by atoms with Crippen LogP contribution in [0.1, 0.15) is 11.1 Å². The number of benzene rings is 1. The van der Waals surface area contributed by atoms with Crippen LogP contribution in [0.5, 0.6) is 0 Å². The Morgan fingerprint density at radius 3 is 2.75 bits per heavy atom. The topological polar surface area (TPSA) is 0 Å². The third kappa shape index (κ3) is 2.11. The van der Waals surface area contributed by atoms with E-state index in [1.54, 1.807) is 0 Å². The molecular weight excluding hydrogens is 235 g/mol. The van der Waals surface area contributed by atoms with Crippen molar-refractivity contribution in [3.05, 3.63) is 40.4 Å². The minimum absolute atomic E-state index is 0.489. The van der Waals surface area contributed by atoms with Crippen molar-refractivity contribution in [2.45, 2.75) is 6.92 Å². The van der Waals surface area contributed by atoms with Gasteiger partial charge in [-0.05, 0) is 35.8 Å². The van der Waals surface area contributed by atoms with E-state index in [9.17, 15) is 0 Å². The van der Waals surface area contributed by atoms with Gasteiger partial charge in [-0.3, -0.25) is 0 Å². The fourth-order valence-corrected chi connectivity index (χ4v) is 1.72. The van der Waals surface area contributed by atoms with Crippen LogP contribution >= 0.6 is 27.5 Å². The van der Waals surface area contributed by atoms with Gasteiger partial charge in [0.25, 0.3) is 0 Å². The molecule has 64 valence electrons. The molecule has 0 unspecified atom stereocenters. The first-order valence-electron chi connectivity index (χ1n) is 3.65. The van der Waals surface area contributed by atoms with E-state index in [2.05, 4.69) is 35.5 Å². The molecule has 0 saturated carbocycles. The molecule has 0 atom stereocenters. The SMILES string of the molecule is C=C(CCl)c1ccc(Br)cc1C. The van der Waals surface area contributed by atoms with Gasteiger partial charge in [0.2, 0.25) is 0 Å². The van der Waals surface area contributed by atoms with Gasteiger partial charge in [0, 0.05) is 10.4 Å². The van der Waals surface area contributed by atoms with E-state index in [1.807, 2.05) is 12.1 Å². The van der Waals surface area contributed by atoms with E-state index in [1.165, 1.54) is 5.56 Å². The van der Waals surface area contributed by atoms with Crippen LogP contribution in [0.4, 0.5) is 0 Å². The molecule has 0 bridgehead atoms. The van der Waals surface area contributed by atoms with Gasteiger partial charge in [-0.25, -0.2) is 0 Å². The number of alkyl halides is 1. The first kappa shape index (κ1) is 9.82. The zero-order valence-corrected chi connectivity index (χ0v) is 9.24. The highest BCUT2D eigenvalue weighted by Crippen LogP contribution is 2.21. The molecule has 2 heteroatoms. The van der Waals surface area contributed by atoms with Crippen molar-refractivity contribution >= 4 is 33.1 Å². The maximum absolute atomic E-state index is 5.69. The van der Waals surface area contributed by atoms with Crippen LogP contribution in [0.2, 0.25) is 0 Å². The second-order valence-corrected chi connectivity index (χ2v) is 3.88. The van der Waals surface area contributed by atoms with Gasteiger partial charge in [0.1, 0.15) is 0 Å². The summed E-state index contributed by atoms with van der Waals surface area (Å²) in [6.07, 6.45) is 0.